The highest BCUT2D eigenvalue weighted by Crippen LogP contribution is 2.25. The summed E-state index contributed by atoms with van der Waals surface area (Å²) in [6.45, 7) is 0.107. The average Bonchev–Trinajstić information content (AvgIpc) is 2.67. The second kappa shape index (κ2) is 7.58. The van der Waals surface area contributed by atoms with Gasteiger partial charge in [0, 0.05) is 17.4 Å². The van der Waals surface area contributed by atoms with E-state index in [4.69, 9.17) is 5.26 Å². The van der Waals surface area contributed by atoms with Gasteiger partial charge in [0.05, 0.1) is 35.7 Å². The summed E-state index contributed by atoms with van der Waals surface area (Å²) < 4.78 is 14.5. The predicted octanol–water partition coefficient (Wildman–Crippen LogP) is 3.65. The molecule has 3 rings (SSSR count). The highest BCUT2D eigenvalue weighted by molar-refractivity contribution is 5.93. The van der Waals surface area contributed by atoms with Gasteiger partial charge in [-0.2, -0.15) is 15.6 Å². The second-order valence-electron chi connectivity index (χ2n) is 5.91. The van der Waals surface area contributed by atoms with Gasteiger partial charge in [0.1, 0.15) is 5.82 Å². The monoisotopic (exact) mass is 346 g/mol. The van der Waals surface area contributed by atoms with E-state index >= 15 is 0 Å². The van der Waals surface area contributed by atoms with E-state index in [1.807, 2.05) is 12.1 Å². The van der Waals surface area contributed by atoms with Crippen molar-refractivity contribution >= 4 is 10.8 Å². The van der Waals surface area contributed by atoms with E-state index < -0.39 is 5.92 Å². The quantitative estimate of drug-likeness (QED) is 0.706. The Hall–Kier alpha value is -3.51. The van der Waals surface area contributed by atoms with Crippen LogP contribution in [0, 0.1) is 34.4 Å². The topological polar surface area (TPSA) is 82.5 Å². The van der Waals surface area contributed by atoms with Crippen molar-refractivity contribution in [1.29, 1.82) is 10.5 Å². The Balaban J connectivity index is 2.14. The van der Waals surface area contributed by atoms with E-state index in [0.717, 1.165) is 0 Å². The van der Waals surface area contributed by atoms with Crippen LogP contribution in [0.2, 0.25) is 0 Å². The van der Waals surface area contributed by atoms with E-state index in [1.165, 1.54) is 16.8 Å². The van der Waals surface area contributed by atoms with Gasteiger partial charge in [0.25, 0.3) is 5.56 Å². The largest absolute Gasteiger partial charge is 0.274 e. The molecule has 0 bridgehead atoms. The van der Waals surface area contributed by atoms with E-state index in [2.05, 4.69) is 11.2 Å². The summed E-state index contributed by atoms with van der Waals surface area (Å²) in [7, 11) is 0. The standard InChI is InChI=1S/C20H15FN4O/c21-16-9-7-15(8-10-16)19-17-5-1-2-6-18(17)20(26)25(24-19)13-14(12-23)4-3-11-22/h1-2,5-10,14H,3-4,13H2/t14-/m1/s1. The van der Waals surface area contributed by atoms with Gasteiger partial charge in [0.2, 0.25) is 0 Å². The summed E-state index contributed by atoms with van der Waals surface area (Å²) in [6, 6.07) is 17.1. The van der Waals surface area contributed by atoms with Crippen LogP contribution in [0.15, 0.2) is 53.3 Å². The van der Waals surface area contributed by atoms with Crippen LogP contribution in [-0.4, -0.2) is 9.78 Å². The third-order valence-corrected chi connectivity index (χ3v) is 4.17. The molecule has 0 N–H and O–H groups in total. The maximum atomic E-state index is 13.3. The predicted molar refractivity (Wildman–Crippen MR) is 95.3 cm³/mol. The molecule has 0 saturated carbocycles. The summed E-state index contributed by atoms with van der Waals surface area (Å²) in [5.74, 6) is -0.838. The smallest absolute Gasteiger partial charge is 0.267 e. The number of nitrogens with zero attached hydrogens (tertiary/aromatic N) is 4. The van der Waals surface area contributed by atoms with Gasteiger partial charge in [-0.15, -0.1) is 0 Å². The fourth-order valence-corrected chi connectivity index (χ4v) is 2.82. The molecule has 1 aromatic heterocycles. The fraction of sp³-hybridized carbons (Fsp3) is 0.200. The van der Waals surface area contributed by atoms with Crippen LogP contribution in [0.3, 0.4) is 0 Å². The van der Waals surface area contributed by atoms with Crippen LogP contribution in [0.4, 0.5) is 4.39 Å². The van der Waals surface area contributed by atoms with Crippen LogP contribution < -0.4 is 5.56 Å². The number of benzene rings is 2. The highest BCUT2D eigenvalue weighted by Gasteiger charge is 2.15. The first-order valence-electron chi connectivity index (χ1n) is 8.16. The van der Waals surface area contributed by atoms with Gasteiger partial charge in [-0.3, -0.25) is 4.79 Å². The summed E-state index contributed by atoms with van der Waals surface area (Å²) in [6.07, 6.45) is 0.616. The molecule has 0 radical (unpaired) electrons. The van der Waals surface area contributed by atoms with Crippen LogP contribution >= 0.6 is 0 Å². The summed E-state index contributed by atoms with van der Waals surface area (Å²) in [5.41, 5.74) is 0.947. The van der Waals surface area contributed by atoms with Crippen molar-refractivity contribution in [2.45, 2.75) is 19.4 Å². The van der Waals surface area contributed by atoms with Crippen LogP contribution in [0.5, 0.6) is 0 Å². The highest BCUT2D eigenvalue weighted by atomic mass is 19.1. The molecule has 1 heterocycles. The van der Waals surface area contributed by atoms with Crippen LogP contribution in [0.1, 0.15) is 12.8 Å². The molecular weight excluding hydrogens is 331 g/mol. The number of rotatable bonds is 5. The third kappa shape index (κ3) is 3.45. The third-order valence-electron chi connectivity index (χ3n) is 4.17. The molecule has 0 aliphatic heterocycles. The number of halogens is 1. The van der Waals surface area contributed by atoms with Gasteiger partial charge in [0.15, 0.2) is 0 Å². The lowest BCUT2D eigenvalue weighted by atomic mass is 10.0. The number of hydrogen-bond acceptors (Lipinski definition) is 4. The van der Waals surface area contributed by atoms with Crippen molar-refractivity contribution in [1.82, 2.24) is 9.78 Å². The molecule has 0 aliphatic rings. The SMILES string of the molecule is N#CCC[C@H](C#N)Cn1nc(-c2ccc(F)cc2)c2ccccc2c1=O. The lowest BCUT2D eigenvalue weighted by molar-refractivity contribution is 0.463. The maximum Gasteiger partial charge on any atom is 0.274 e. The van der Waals surface area contributed by atoms with E-state index in [-0.39, 0.29) is 24.3 Å². The van der Waals surface area contributed by atoms with Gasteiger partial charge in [-0.05, 0) is 36.8 Å². The molecule has 0 saturated heterocycles. The van der Waals surface area contributed by atoms with Gasteiger partial charge >= 0.3 is 0 Å². The molecule has 5 nitrogen and oxygen atoms in total. The first-order valence-corrected chi connectivity index (χ1v) is 8.16. The molecule has 6 heteroatoms. The van der Waals surface area contributed by atoms with Crippen molar-refractivity contribution in [3.63, 3.8) is 0 Å². The first-order chi connectivity index (χ1) is 12.6. The fourth-order valence-electron chi connectivity index (χ4n) is 2.82. The Kier molecular flexibility index (Phi) is 5.05. The number of nitriles is 2. The molecule has 1 atom stereocenters. The lowest BCUT2D eigenvalue weighted by Gasteiger charge is -2.13. The molecule has 0 unspecified atom stereocenters. The van der Waals surface area contributed by atoms with Crippen molar-refractivity contribution in [3.05, 3.63) is 64.7 Å². The maximum absolute atomic E-state index is 13.3. The molecule has 0 spiro atoms. The van der Waals surface area contributed by atoms with Crippen molar-refractivity contribution < 1.29 is 4.39 Å². The molecule has 0 fully saturated rings. The molecule has 3 aromatic rings. The summed E-state index contributed by atoms with van der Waals surface area (Å²) >= 11 is 0. The Morgan fingerprint density at radius 3 is 2.42 bits per heavy atom. The Morgan fingerprint density at radius 1 is 1.08 bits per heavy atom. The zero-order valence-corrected chi connectivity index (χ0v) is 13.9. The molecule has 128 valence electrons. The summed E-state index contributed by atoms with van der Waals surface area (Å²) in [5, 5.41) is 23.6. The Morgan fingerprint density at radius 2 is 1.77 bits per heavy atom. The molecule has 0 amide bonds. The first kappa shape index (κ1) is 17.3. The molecule has 2 aromatic carbocycles. The van der Waals surface area contributed by atoms with E-state index in [9.17, 15) is 14.4 Å². The zero-order chi connectivity index (χ0) is 18.5. The average molecular weight is 346 g/mol. The van der Waals surface area contributed by atoms with E-state index in [1.54, 1.807) is 30.3 Å². The summed E-state index contributed by atoms with van der Waals surface area (Å²) in [4.78, 5) is 12.8. The minimum absolute atomic E-state index is 0.107. The lowest BCUT2D eigenvalue weighted by Crippen LogP contribution is -2.27. The number of hydrogen-bond donors (Lipinski definition) is 0. The number of aromatic nitrogens is 2. The molecule has 0 aliphatic carbocycles. The van der Waals surface area contributed by atoms with Crippen LogP contribution in [0.25, 0.3) is 22.0 Å². The van der Waals surface area contributed by atoms with Crippen molar-refractivity contribution in [2.24, 2.45) is 5.92 Å². The van der Waals surface area contributed by atoms with Gasteiger partial charge in [-0.25, -0.2) is 9.07 Å². The minimum atomic E-state index is -0.484. The van der Waals surface area contributed by atoms with E-state index in [0.29, 0.717) is 28.5 Å². The van der Waals surface area contributed by atoms with Crippen LogP contribution in [-0.2, 0) is 6.54 Å². The Labute approximate surface area is 149 Å². The molecule has 26 heavy (non-hydrogen) atoms. The normalized spacial score (nSPS) is 11.7. The van der Waals surface area contributed by atoms with Crippen molar-refractivity contribution in [2.75, 3.05) is 0 Å². The zero-order valence-electron chi connectivity index (χ0n) is 13.9. The number of fused-ring (bicyclic) bond motifs is 1. The Bertz CT molecular complexity index is 1070. The minimum Gasteiger partial charge on any atom is -0.267 e. The van der Waals surface area contributed by atoms with Gasteiger partial charge in [-0.1, -0.05) is 18.2 Å². The van der Waals surface area contributed by atoms with Crippen molar-refractivity contribution in [3.8, 4) is 23.4 Å². The second-order valence-corrected chi connectivity index (χ2v) is 5.91. The van der Waals surface area contributed by atoms with Gasteiger partial charge < -0.3 is 0 Å². The molecular formula is C20H15FN4O.